The van der Waals surface area contributed by atoms with E-state index in [1.807, 2.05) is 13.0 Å². The van der Waals surface area contributed by atoms with Crippen LogP contribution in [0.3, 0.4) is 0 Å². The minimum Gasteiger partial charge on any atom is -0.279 e. The number of thiophene rings is 1. The minimum atomic E-state index is -3.58. The van der Waals surface area contributed by atoms with Gasteiger partial charge in [0.05, 0.1) is 5.69 Å². The number of anilines is 1. The first-order valence-corrected chi connectivity index (χ1v) is 9.83. The van der Waals surface area contributed by atoms with Gasteiger partial charge in [0.15, 0.2) is 0 Å². The Morgan fingerprint density at radius 1 is 1.25 bits per heavy atom. The van der Waals surface area contributed by atoms with Crippen LogP contribution in [0, 0.1) is 0 Å². The highest BCUT2D eigenvalue weighted by molar-refractivity contribution is 7.94. The number of sulfonamides is 1. The summed E-state index contributed by atoms with van der Waals surface area (Å²) in [6.45, 7) is 1.98. The molecule has 2 rings (SSSR count). The highest BCUT2D eigenvalue weighted by Crippen LogP contribution is 2.25. The predicted molar refractivity (Wildman–Crippen MR) is 83.3 cm³/mol. The summed E-state index contributed by atoms with van der Waals surface area (Å²) >= 11 is 1.26. The molecule has 0 fully saturated rings. The van der Waals surface area contributed by atoms with E-state index in [0.717, 1.165) is 11.3 Å². The average Bonchev–Trinajstić information content (AvgIpc) is 2.88. The molecule has 4 nitrogen and oxygen atoms in total. The van der Waals surface area contributed by atoms with Crippen LogP contribution in [-0.2, 0) is 27.2 Å². The summed E-state index contributed by atoms with van der Waals surface area (Å²) in [5.74, 6) is 0. The lowest BCUT2D eigenvalue weighted by Gasteiger charge is -2.07. The predicted octanol–water partition coefficient (Wildman–Crippen LogP) is 2.85. The fourth-order valence-electron chi connectivity index (χ4n) is 1.64. The van der Waals surface area contributed by atoms with Gasteiger partial charge in [-0.3, -0.25) is 8.93 Å². The van der Waals surface area contributed by atoms with Crippen molar-refractivity contribution in [3.8, 4) is 0 Å². The van der Waals surface area contributed by atoms with Crippen LogP contribution in [0.15, 0.2) is 45.5 Å². The van der Waals surface area contributed by atoms with Gasteiger partial charge in [0.1, 0.15) is 4.21 Å². The number of hydrogen-bond acceptors (Lipinski definition) is 4. The van der Waals surface area contributed by atoms with Crippen LogP contribution >= 0.6 is 11.3 Å². The molecule has 0 bridgehead atoms. The van der Waals surface area contributed by atoms with Crippen molar-refractivity contribution in [3.05, 3.63) is 41.3 Å². The topological polar surface area (TPSA) is 63.2 Å². The average molecular weight is 329 g/mol. The Bertz CT molecular complexity index is 735. The van der Waals surface area contributed by atoms with Crippen LogP contribution in [0.1, 0.15) is 11.8 Å². The highest BCUT2D eigenvalue weighted by Gasteiger charge is 2.17. The molecule has 0 aliphatic carbocycles. The Hall–Kier alpha value is -1.18. The quantitative estimate of drug-likeness (QED) is 0.917. The van der Waals surface area contributed by atoms with Gasteiger partial charge in [-0.05, 0) is 36.8 Å². The number of hydrogen-bond donors (Lipinski definition) is 1. The maximum Gasteiger partial charge on any atom is 0.271 e. The molecule has 1 atom stereocenters. The van der Waals surface area contributed by atoms with Gasteiger partial charge in [-0.1, -0.05) is 13.0 Å². The highest BCUT2D eigenvalue weighted by atomic mass is 32.2. The van der Waals surface area contributed by atoms with E-state index in [0.29, 0.717) is 10.6 Å². The van der Waals surface area contributed by atoms with Crippen molar-refractivity contribution in [3.63, 3.8) is 0 Å². The lowest BCUT2D eigenvalue weighted by molar-refractivity contribution is 0.603. The van der Waals surface area contributed by atoms with E-state index in [9.17, 15) is 12.6 Å². The summed E-state index contributed by atoms with van der Waals surface area (Å²) in [4.78, 5) is 1.61. The van der Waals surface area contributed by atoms with E-state index in [2.05, 4.69) is 4.72 Å². The molecular formula is C13H15NO3S3. The number of rotatable bonds is 5. The van der Waals surface area contributed by atoms with E-state index in [-0.39, 0.29) is 4.21 Å². The summed E-state index contributed by atoms with van der Waals surface area (Å²) in [6, 6.07) is 10.0. The van der Waals surface area contributed by atoms with Gasteiger partial charge in [-0.15, -0.1) is 11.3 Å². The molecule has 0 spiro atoms. The molecule has 20 heavy (non-hydrogen) atoms. The zero-order valence-corrected chi connectivity index (χ0v) is 13.6. The normalized spacial score (nSPS) is 13.1. The maximum atomic E-state index is 12.2. The first-order valence-electron chi connectivity index (χ1n) is 5.97. The molecule has 1 N–H and O–H groups in total. The Balaban J connectivity index is 2.28. The molecule has 0 aliphatic heterocycles. The van der Waals surface area contributed by atoms with Crippen molar-refractivity contribution < 1.29 is 12.6 Å². The molecule has 0 saturated carbocycles. The lowest BCUT2D eigenvalue weighted by Crippen LogP contribution is -2.11. The van der Waals surface area contributed by atoms with Crippen LogP contribution in [-0.4, -0.2) is 18.9 Å². The van der Waals surface area contributed by atoms with Crippen LogP contribution in [0.5, 0.6) is 0 Å². The van der Waals surface area contributed by atoms with Crippen molar-refractivity contribution in [1.82, 2.24) is 0 Å². The number of aryl methyl sites for hydroxylation is 1. The Kier molecular flexibility index (Phi) is 4.62. The smallest absolute Gasteiger partial charge is 0.271 e. The van der Waals surface area contributed by atoms with Crippen molar-refractivity contribution in [1.29, 1.82) is 0 Å². The monoisotopic (exact) mass is 329 g/mol. The van der Waals surface area contributed by atoms with Gasteiger partial charge in [-0.25, -0.2) is 8.42 Å². The van der Waals surface area contributed by atoms with Gasteiger partial charge < -0.3 is 0 Å². The van der Waals surface area contributed by atoms with Crippen LogP contribution in [0.25, 0.3) is 0 Å². The molecule has 1 aromatic heterocycles. The van der Waals surface area contributed by atoms with Gasteiger partial charge in [0.25, 0.3) is 10.0 Å². The Morgan fingerprint density at radius 3 is 2.60 bits per heavy atom. The zero-order valence-electron chi connectivity index (χ0n) is 11.1. The van der Waals surface area contributed by atoms with Crippen molar-refractivity contribution in [2.75, 3.05) is 11.0 Å². The molecule has 0 saturated heterocycles. The van der Waals surface area contributed by atoms with E-state index in [1.54, 1.807) is 36.6 Å². The third-order valence-electron chi connectivity index (χ3n) is 2.67. The molecule has 0 aliphatic rings. The van der Waals surface area contributed by atoms with Gasteiger partial charge in [0, 0.05) is 26.8 Å². The van der Waals surface area contributed by atoms with Crippen LogP contribution in [0.2, 0.25) is 0 Å². The fourth-order valence-corrected chi connectivity index (χ4v) is 4.54. The first kappa shape index (κ1) is 15.2. The summed E-state index contributed by atoms with van der Waals surface area (Å²) in [7, 11) is -4.72. The van der Waals surface area contributed by atoms with Crippen LogP contribution in [0.4, 0.5) is 5.69 Å². The molecule has 7 heteroatoms. The third-order valence-corrected chi connectivity index (χ3v) is 6.69. The molecule has 0 amide bonds. The summed E-state index contributed by atoms with van der Waals surface area (Å²) in [5, 5.41) is 0. The number of benzene rings is 1. The van der Waals surface area contributed by atoms with Crippen molar-refractivity contribution in [2.24, 2.45) is 0 Å². The fraction of sp³-hybridized carbons (Fsp3) is 0.231. The standard InChI is InChI=1S/C13H15NO3S3/c1-3-11-7-8-13(18-11)20(16,17)14-10-5-4-6-12(9-10)19(2)15/h4-9,14H,3H2,1-2H3/t19-/m0/s1. The summed E-state index contributed by atoms with van der Waals surface area (Å²) in [5.41, 5.74) is 0.421. The second-order valence-corrected chi connectivity index (χ2v) is 8.62. The zero-order chi connectivity index (χ0) is 14.8. The summed E-state index contributed by atoms with van der Waals surface area (Å²) < 4.78 is 38.7. The largest absolute Gasteiger partial charge is 0.279 e. The molecule has 1 aromatic carbocycles. The Labute approximate surface area is 125 Å². The van der Waals surface area contributed by atoms with Crippen molar-refractivity contribution >= 4 is 37.8 Å². The van der Waals surface area contributed by atoms with E-state index in [4.69, 9.17) is 0 Å². The molecule has 2 aromatic rings. The van der Waals surface area contributed by atoms with Crippen molar-refractivity contribution in [2.45, 2.75) is 22.4 Å². The second kappa shape index (κ2) is 6.07. The third kappa shape index (κ3) is 3.47. The molecule has 1 heterocycles. The molecular weight excluding hydrogens is 314 g/mol. The minimum absolute atomic E-state index is 0.289. The maximum absolute atomic E-state index is 12.2. The Morgan fingerprint density at radius 2 is 2.00 bits per heavy atom. The molecule has 0 unspecified atom stereocenters. The van der Waals surface area contributed by atoms with Crippen LogP contribution < -0.4 is 4.72 Å². The van der Waals surface area contributed by atoms with Gasteiger partial charge in [-0.2, -0.15) is 0 Å². The van der Waals surface area contributed by atoms with E-state index in [1.165, 1.54) is 11.3 Å². The van der Waals surface area contributed by atoms with E-state index < -0.39 is 20.8 Å². The van der Waals surface area contributed by atoms with E-state index >= 15 is 0 Å². The lowest BCUT2D eigenvalue weighted by atomic mass is 10.3. The van der Waals surface area contributed by atoms with Gasteiger partial charge >= 0.3 is 0 Å². The number of nitrogens with one attached hydrogen (secondary N) is 1. The molecule has 108 valence electrons. The summed E-state index contributed by atoms with van der Waals surface area (Å²) in [6.07, 6.45) is 2.37. The van der Waals surface area contributed by atoms with Gasteiger partial charge in [0.2, 0.25) is 0 Å². The second-order valence-electron chi connectivity index (χ2n) is 4.16. The SMILES string of the molecule is CCc1ccc(S(=O)(=O)Nc2cccc([S@](C)=O)c2)s1. The molecule has 0 radical (unpaired) electrons. The first-order chi connectivity index (χ1) is 9.42.